The molecular formula is C23H33FN4O2S. The summed E-state index contributed by atoms with van der Waals surface area (Å²) in [5.41, 5.74) is 2.25. The molecule has 31 heavy (non-hydrogen) atoms. The van der Waals surface area contributed by atoms with E-state index in [-0.39, 0.29) is 12.3 Å². The van der Waals surface area contributed by atoms with E-state index in [1.54, 1.807) is 22.6 Å². The van der Waals surface area contributed by atoms with Crippen molar-refractivity contribution in [3.05, 3.63) is 48.0 Å². The molecule has 0 bridgehead atoms. The van der Waals surface area contributed by atoms with Gasteiger partial charge < -0.3 is 15.0 Å². The first kappa shape index (κ1) is 24.7. The number of amides is 1. The zero-order valence-corrected chi connectivity index (χ0v) is 20.1. The van der Waals surface area contributed by atoms with Crippen LogP contribution in [0.5, 0.6) is 0 Å². The highest BCUT2D eigenvalue weighted by atomic mass is 32.1. The van der Waals surface area contributed by atoms with E-state index in [4.69, 9.17) is 4.74 Å². The molecule has 0 saturated heterocycles. The van der Waals surface area contributed by atoms with Gasteiger partial charge in [0, 0.05) is 25.5 Å². The van der Waals surface area contributed by atoms with Crippen molar-refractivity contribution in [2.24, 2.45) is 0 Å². The summed E-state index contributed by atoms with van der Waals surface area (Å²) in [5, 5.41) is 2.98. The third-order valence-corrected chi connectivity index (χ3v) is 5.46. The molecule has 0 aliphatic heterocycles. The number of fused-ring (bicyclic) bond motifs is 1. The number of nitrogens with one attached hydrogen (secondary N) is 1. The van der Waals surface area contributed by atoms with Gasteiger partial charge in [0.1, 0.15) is 17.3 Å². The summed E-state index contributed by atoms with van der Waals surface area (Å²) in [4.78, 5) is 20.4. The van der Waals surface area contributed by atoms with Gasteiger partial charge in [0.15, 0.2) is 5.82 Å². The van der Waals surface area contributed by atoms with Crippen molar-refractivity contribution in [2.75, 3.05) is 18.9 Å². The number of carbonyl (C=O) groups excluding carboxylic acids is 1. The Morgan fingerprint density at radius 1 is 1.42 bits per heavy atom. The predicted octanol–water partition coefficient (Wildman–Crippen LogP) is 6.19. The van der Waals surface area contributed by atoms with Gasteiger partial charge in [-0.25, -0.2) is 14.2 Å². The average Bonchev–Trinajstić information content (AvgIpc) is 3.16. The van der Waals surface area contributed by atoms with Gasteiger partial charge in [0.2, 0.25) is 0 Å². The molecule has 0 aliphatic carbocycles. The molecule has 2 aromatic rings. The smallest absolute Gasteiger partial charge is 0.411 e. The Labute approximate surface area is 188 Å². The molecule has 1 atom stereocenters. The van der Waals surface area contributed by atoms with E-state index in [9.17, 15) is 9.18 Å². The molecule has 0 aliphatic rings. The van der Waals surface area contributed by atoms with Crippen molar-refractivity contribution in [3.8, 4) is 0 Å². The fourth-order valence-corrected chi connectivity index (χ4v) is 3.51. The number of benzene rings is 1. The van der Waals surface area contributed by atoms with Crippen LogP contribution in [0.25, 0.3) is 10.2 Å². The number of rotatable bonds is 9. The Morgan fingerprint density at radius 3 is 2.77 bits per heavy atom. The molecule has 0 fully saturated rings. The average molecular weight is 449 g/mol. The Hall–Kier alpha value is -2.61. The zero-order chi connectivity index (χ0) is 23.2. The van der Waals surface area contributed by atoms with Crippen molar-refractivity contribution in [1.29, 1.82) is 0 Å². The van der Waals surface area contributed by atoms with Crippen LogP contribution in [-0.2, 0) is 4.74 Å². The van der Waals surface area contributed by atoms with Crippen LogP contribution in [0.2, 0.25) is 0 Å². The van der Waals surface area contributed by atoms with Crippen molar-refractivity contribution >= 4 is 33.3 Å². The van der Waals surface area contributed by atoms with E-state index in [2.05, 4.69) is 23.8 Å². The van der Waals surface area contributed by atoms with E-state index in [0.29, 0.717) is 23.4 Å². The number of halogens is 1. The fourth-order valence-electron chi connectivity index (χ4n) is 2.84. The standard InChI is InChI=1S/C23H33FN4O2S/c1-8-9-13-28(22(29)30-23(4,5)6)17(3)27(7)14-12-16(2)26-18-10-11-19-21(20(18)24)25-15-31-19/h10-12,14-15,17,26H,2,8-9,13H2,1,3-7H3/b14-12-. The third kappa shape index (κ3) is 6.95. The van der Waals surface area contributed by atoms with Crippen LogP contribution in [0.4, 0.5) is 14.9 Å². The first-order valence-electron chi connectivity index (χ1n) is 10.4. The highest BCUT2D eigenvalue weighted by molar-refractivity contribution is 7.16. The summed E-state index contributed by atoms with van der Waals surface area (Å²) < 4.78 is 21.0. The summed E-state index contributed by atoms with van der Waals surface area (Å²) in [5.74, 6) is -0.398. The van der Waals surface area contributed by atoms with Crippen LogP contribution in [0.1, 0.15) is 47.5 Å². The maximum Gasteiger partial charge on any atom is 0.411 e. The van der Waals surface area contributed by atoms with Crippen LogP contribution in [0, 0.1) is 5.82 Å². The molecule has 0 spiro atoms. The molecule has 1 heterocycles. The summed E-state index contributed by atoms with van der Waals surface area (Å²) in [6.07, 6.45) is 4.84. The van der Waals surface area contributed by atoms with E-state index >= 15 is 0 Å². The quantitative estimate of drug-likeness (QED) is 0.366. The Kier molecular flexibility index (Phi) is 8.44. The number of allylic oxidation sites excluding steroid dienone is 1. The highest BCUT2D eigenvalue weighted by Gasteiger charge is 2.26. The number of unbranched alkanes of at least 4 members (excludes halogenated alkanes) is 1. The van der Waals surface area contributed by atoms with Gasteiger partial charge in [0.05, 0.1) is 15.9 Å². The number of thiazole rings is 1. The van der Waals surface area contributed by atoms with Crippen molar-refractivity contribution < 1.29 is 13.9 Å². The van der Waals surface area contributed by atoms with E-state index < -0.39 is 11.4 Å². The molecule has 1 amide bonds. The topological polar surface area (TPSA) is 57.7 Å². The first-order valence-corrected chi connectivity index (χ1v) is 11.3. The summed E-state index contributed by atoms with van der Waals surface area (Å²) in [7, 11) is 1.87. The molecule has 170 valence electrons. The van der Waals surface area contributed by atoms with E-state index in [1.165, 1.54) is 11.3 Å². The van der Waals surface area contributed by atoms with Crippen molar-refractivity contribution in [2.45, 2.75) is 59.2 Å². The predicted molar refractivity (Wildman–Crippen MR) is 127 cm³/mol. The molecule has 6 nitrogen and oxygen atoms in total. The Balaban J connectivity index is 2.05. The number of aromatic nitrogens is 1. The molecule has 8 heteroatoms. The third-order valence-electron chi connectivity index (χ3n) is 4.67. The van der Waals surface area contributed by atoms with Gasteiger partial charge >= 0.3 is 6.09 Å². The van der Waals surface area contributed by atoms with Gasteiger partial charge in [-0.05, 0) is 52.3 Å². The molecule has 1 N–H and O–H groups in total. The number of anilines is 1. The van der Waals surface area contributed by atoms with Crippen LogP contribution < -0.4 is 5.32 Å². The number of carbonyl (C=O) groups is 1. The summed E-state index contributed by atoms with van der Waals surface area (Å²) >= 11 is 1.40. The van der Waals surface area contributed by atoms with Crippen LogP contribution in [0.3, 0.4) is 0 Å². The van der Waals surface area contributed by atoms with E-state index in [1.807, 2.05) is 51.9 Å². The second-order valence-corrected chi connectivity index (χ2v) is 9.30. The number of ether oxygens (including phenoxy) is 1. The molecule has 1 aromatic carbocycles. The Bertz CT molecular complexity index is 935. The fraction of sp³-hybridized carbons (Fsp3) is 0.478. The maximum atomic E-state index is 14.6. The highest BCUT2D eigenvalue weighted by Crippen LogP contribution is 2.27. The zero-order valence-electron chi connectivity index (χ0n) is 19.2. The maximum absolute atomic E-state index is 14.6. The summed E-state index contributed by atoms with van der Waals surface area (Å²) in [6.45, 7) is 14.1. The number of nitrogens with zero attached hydrogens (tertiary/aromatic N) is 3. The van der Waals surface area contributed by atoms with Gasteiger partial charge in [-0.15, -0.1) is 11.3 Å². The second-order valence-electron chi connectivity index (χ2n) is 8.42. The number of hydrogen-bond acceptors (Lipinski definition) is 6. The number of hydrogen-bond donors (Lipinski definition) is 1. The van der Waals surface area contributed by atoms with Gasteiger partial charge in [-0.3, -0.25) is 4.90 Å². The van der Waals surface area contributed by atoms with Crippen LogP contribution in [-0.4, -0.2) is 46.2 Å². The van der Waals surface area contributed by atoms with E-state index in [0.717, 1.165) is 17.5 Å². The lowest BCUT2D eigenvalue weighted by atomic mass is 10.2. The molecular weight excluding hydrogens is 415 g/mol. The molecule has 1 unspecified atom stereocenters. The van der Waals surface area contributed by atoms with Gasteiger partial charge in [0.25, 0.3) is 0 Å². The largest absolute Gasteiger partial charge is 0.444 e. The molecule has 2 rings (SSSR count). The van der Waals surface area contributed by atoms with Gasteiger partial charge in [-0.2, -0.15) is 0 Å². The van der Waals surface area contributed by atoms with Crippen LogP contribution >= 0.6 is 11.3 Å². The molecule has 1 aromatic heterocycles. The normalized spacial score (nSPS) is 12.7. The lowest BCUT2D eigenvalue weighted by Gasteiger charge is -2.36. The lowest BCUT2D eigenvalue weighted by Crippen LogP contribution is -2.48. The van der Waals surface area contributed by atoms with Crippen LogP contribution in [0.15, 0.2) is 42.2 Å². The minimum Gasteiger partial charge on any atom is -0.444 e. The second kappa shape index (κ2) is 10.6. The minimum absolute atomic E-state index is 0.228. The molecule has 0 saturated carbocycles. The van der Waals surface area contributed by atoms with Crippen molar-refractivity contribution in [1.82, 2.24) is 14.8 Å². The summed E-state index contributed by atoms with van der Waals surface area (Å²) in [6, 6.07) is 3.51. The molecule has 0 radical (unpaired) electrons. The van der Waals surface area contributed by atoms with Crippen molar-refractivity contribution in [3.63, 3.8) is 0 Å². The first-order chi connectivity index (χ1) is 14.5. The minimum atomic E-state index is -0.559. The van der Waals surface area contributed by atoms with Gasteiger partial charge in [-0.1, -0.05) is 19.9 Å². The SMILES string of the molecule is C=C(/C=C\N(C)C(C)N(CCCC)C(=O)OC(C)(C)C)Nc1ccc2scnc2c1F. The lowest BCUT2D eigenvalue weighted by molar-refractivity contribution is 0.00321. The monoisotopic (exact) mass is 448 g/mol. The Morgan fingerprint density at radius 2 is 2.13 bits per heavy atom.